The first-order valence-corrected chi connectivity index (χ1v) is 13.5. The van der Waals surface area contributed by atoms with Crippen molar-refractivity contribution >= 4 is 17.8 Å². The van der Waals surface area contributed by atoms with Gasteiger partial charge in [0.25, 0.3) is 0 Å². The lowest BCUT2D eigenvalue weighted by atomic mass is 9.87. The number of anilines is 1. The number of pyridine rings is 1. The molecule has 0 spiro atoms. The zero-order valence-corrected chi connectivity index (χ0v) is 22.2. The lowest BCUT2D eigenvalue weighted by molar-refractivity contribution is 0.111. The van der Waals surface area contributed by atoms with Gasteiger partial charge in [-0.25, -0.2) is 15.0 Å². The van der Waals surface area contributed by atoms with E-state index in [4.69, 9.17) is 9.72 Å². The van der Waals surface area contributed by atoms with Gasteiger partial charge in [0.1, 0.15) is 5.69 Å². The Kier molecular flexibility index (Phi) is 6.35. The first-order chi connectivity index (χ1) is 18.5. The summed E-state index contributed by atoms with van der Waals surface area (Å²) >= 11 is 0. The topological polar surface area (TPSA) is 84.6 Å². The number of fused-ring (bicyclic) bond motifs is 3. The summed E-state index contributed by atoms with van der Waals surface area (Å²) in [4.78, 5) is 28.7. The molecule has 5 heterocycles. The quantitative estimate of drug-likeness (QED) is 0.362. The van der Waals surface area contributed by atoms with E-state index >= 15 is 0 Å². The molecule has 2 atom stereocenters. The van der Waals surface area contributed by atoms with Gasteiger partial charge < -0.3 is 15.0 Å². The van der Waals surface area contributed by atoms with Crippen LogP contribution in [-0.4, -0.2) is 57.4 Å². The third-order valence-electron chi connectivity index (χ3n) is 8.23. The molecular formula is C30H34N6O2. The number of aromatic nitrogens is 4. The van der Waals surface area contributed by atoms with E-state index < -0.39 is 0 Å². The maximum Gasteiger partial charge on any atom is 0.234 e. The molecule has 1 aromatic carbocycles. The summed E-state index contributed by atoms with van der Waals surface area (Å²) in [5, 5.41) is 3.70. The molecular weight excluding hydrogens is 476 g/mol. The Hall–Kier alpha value is -3.78. The molecule has 38 heavy (non-hydrogen) atoms. The van der Waals surface area contributed by atoms with Crippen molar-refractivity contribution in [2.45, 2.75) is 57.0 Å². The highest BCUT2D eigenvalue weighted by Gasteiger charge is 2.49. The van der Waals surface area contributed by atoms with Crippen molar-refractivity contribution < 1.29 is 9.53 Å². The summed E-state index contributed by atoms with van der Waals surface area (Å²) in [5.74, 6) is 1.62. The van der Waals surface area contributed by atoms with Crippen molar-refractivity contribution in [2.24, 2.45) is 0 Å². The van der Waals surface area contributed by atoms with Crippen molar-refractivity contribution in [3.05, 3.63) is 71.8 Å². The number of methoxy groups -OCH3 is 1. The maximum absolute atomic E-state index is 12.2. The number of rotatable bonds is 7. The van der Waals surface area contributed by atoms with Gasteiger partial charge in [0.2, 0.25) is 11.7 Å². The van der Waals surface area contributed by atoms with Crippen LogP contribution in [0.1, 0.15) is 60.8 Å². The molecule has 2 saturated heterocycles. The Morgan fingerprint density at radius 2 is 2.00 bits per heavy atom. The summed E-state index contributed by atoms with van der Waals surface area (Å²) in [5.41, 5.74) is 5.55. The fourth-order valence-corrected chi connectivity index (χ4v) is 6.32. The third-order valence-corrected chi connectivity index (χ3v) is 8.23. The number of carbonyl (C=O) groups is 1. The Morgan fingerprint density at radius 3 is 2.76 bits per heavy atom. The van der Waals surface area contributed by atoms with Gasteiger partial charge in [0, 0.05) is 43.0 Å². The van der Waals surface area contributed by atoms with Crippen molar-refractivity contribution in [1.82, 2.24) is 24.7 Å². The maximum atomic E-state index is 12.2. The molecule has 1 N–H and O–H groups in total. The second-order valence-corrected chi connectivity index (χ2v) is 10.8. The molecule has 6 rings (SSSR count). The van der Waals surface area contributed by atoms with Crippen LogP contribution in [0.3, 0.4) is 0 Å². The number of carbonyl (C=O) groups excluding carboxylic acids is 1. The molecule has 0 radical (unpaired) electrons. The highest BCUT2D eigenvalue weighted by atomic mass is 16.5. The summed E-state index contributed by atoms with van der Waals surface area (Å²) in [6.45, 7) is 6.18. The predicted octanol–water partition coefficient (Wildman–Crippen LogP) is 4.68. The monoisotopic (exact) mass is 510 g/mol. The number of nitrogens with one attached hydrogen (secondary N) is 1. The second kappa shape index (κ2) is 9.83. The van der Waals surface area contributed by atoms with E-state index in [1.165, 1.54) is 5.56 Å². The molecule has 2 aliphatic rings. The average molecular weight is 511 g/mol. The molecule has 2 aliphatic heterocycles. The van der Waals surface area contributed by atoms with E-state index in [1.807, 2.05) is 18.2 Å². The Morgan fingerprint density at radius 1 is 1.16 bits per heavy atom. The lowest BCUT2D eigenvalue weighted by Gasteiger charge is -2.42. The van der Waals surface area contributed by atoms with Gasteiger partial charge in [0.15, 0.2) is 6.29 Å². The van der Waals surface area contributed by atoms with Crippen molar-refractivity contribution in [1.29, 1.82) is 0 Å². The molecule has 0 amide bonds. The van der Waals surface area contributed by atoms with E-state index in [1.54, 1.807) is 13.3 Å². The van der Waals surface area contributed by atoms with Crippen LogP contribution in [0.2, 0.25) is 0 Å². The number of ether oxygens (including phenoxy) is 1. The second-order valence-electron chi connectivity index (χ2n) is 10.8. The van der Waals surface area contributed by atoms with Gasteiger partial charge in [-0.2, -0.15) is 0 Å². The molecule has 2 unspecified atom stereocenters. The highest BCUT2D eigenvalue weighted by Crippen LogP contribution is 2.44. The van der Waals surface area contributed by atoms with Crippen LogP contribution in [0.25, 0.3) is 17.0 Å². The molecule has 2 bridgehead atoms. The first-order valence-electron chi connectivity index (χ1n) is 13.5. The van der Waals surface area contributed by atoms with Crippen LogP contribution >= 0.6 is 0 Å². The van der Waals surface area contributed by atoms with Crippen molar-refractivity contribution in [3.63, 3.8) is 0 Å². The molecule has 2 fully saturated rings. The summed E-state index contributed by atoms with van der Waals surface area (Å²) < 4.78 is 7.45. The number of imidazole rings is 1. The van der Waals surface area contributed by atoms with Gasteiger partial charge in [-0.3, -0.25) is 9.20 Å². The number of nitrogens with zero attached hydrogens (tertiary/aromatic N) is 5. The molecule has 8 heteroatoms. The molecule has 3 aromatic heterocycles. The highest BCUT2D eigenvalue weighted by molar-refractivity contribution is 5.83. The third kappa shape index (κ3) is 4.13. The fourth-order valence-electron chi connectivity index (χ4n) is 6.32. The smallest absolute Gasteiger partial charge is 0.234 e. The van der Waals surface area contributed by atoms with E-state index in [-0.39, 0.29) is 5.54 Å². The summed E-state index contributed by atoms with van der Waals surface area (Å²) in [6.07, 6.45) is 8.55. The number of benzene rings is 1. The van der Waals surface area contributed by atoms with E-state index in [0.29, 0.717) is 29.3 Å². The van der Waals surface area contributed by atoms with Crippen molar-refractivity contribution in [2.75, 3.05) is 25.1 Å². The minimum absolute atomic E-state index is 0.242. The largest absolute Gasteiger partial charge is 0.481 e. The van der Waals surface area contributed by atoms with Gasteiger partial charge in [-0.1, -0.05) is 38.1 Å². The van der Waals surface area contributed by atoms with Gasteiger partial charge in [0.05, 0.1) is 29.7 Å². The van der Waals surface area contributed by atoms with Gasteiger partial charge >= 0.3 is 0 Å². The van der Waals surface area contributed by atoms with Crippen LogP contribution in [0.4, 0.5) is 5.69 Å². The van der Waals surface area contributed by atoms with Gasteiger partial charge in [-0.05, 0) is 49.4 Å². The van der Waals surface area contributed by atoms with E-state index in [2.05, 4.69) is 68.9 Å². The van der Waals surface area contributed by atoms with Crippen LogP contribution < -0.4 is 15.0 Å². The fraction of sp³-hybridized carbons (Fsp3) is 0.400. The SMILES string of the molecule is COc1ccc(N2C3CCNCC2(Cc2c(-c4ccc(C(C)C)cc4)nc4ncccn24)CC3)c(C=O)n1. The normalized spacial score (nSPS) is 21.2. The predicted molar refractivity (Wildman–Crippen MR) is 148 cm³/mol. The summed E-state index contributed by atoms with van der Waals surface area (Å²) in [6, 6.07) is 14.9. The average Bonchev–Trinajstić information content (AvgIpc) is 3.42. The van der Waals surface area contributed by atoms with E-state index in [0.717, 1.165) is 67.7 Å². The Labute approximate surface area is 223 Å². The standard InChI is InChI=1S/C30H34N6O2/c1-20(2)21-5-7-22(8-6-21)28-26(35-16-4-14-32-29(35)34-28)17-30-13-11-23(12-15-31-19-30)36(30)25-9-10-27(38-3)33-24(25)18-37/h4-10,14,16,18,20,23,31H,11-13,15,17,19H2,1-3H3. The van der Waals surface area contributed by atoms with Gasteiger partial charge in [-0.15, -0.1) is 0 Å². The molecule has 196 valence electrons. The molecule has 0 saturated carbocycles. The number of hydrogen-bond donors (Lipinski definition) is 1. The van der Waals surface area contributed by atoms with Crippen LogP contribution in [0.5, 0.6) is 5.88 Å². The Bertz CT molecular complexity index is 1460. The van der Waals surface area contributed by atoms with Crippen LogP contribution in [0.15, 0.2) is 54.9 Å². The molecule has 0 aliphatic carbocycles. The number of aldehydes is 1. The minimum Gasteiger partial charge on any atom is -0.481 e. The van der Waals surface area contributed by atoms with E-state index in [9.17, 15) is 4.79 Å². The van der Waals surface area contributed by atoms with Crippen molar-refractivity contribution in [3.8, 4) is 17.1 Å². The first kappa shape index (κ1) is 24.6. The zero-order chi connectivity index (χ0) is 26.3. The molecule has 4 aromatic rings. The van der Waals surface area contributed by atoms with Crippen LogP contribution in [0, 0.1) is 0 Å². The van der Waals surface area contributed by atoms with Crippen LogP contribution in [-0.2, 0) is 6.42 Å². The molecule has 8 nitrogen and oxygen atoms in total. The Balaban J connectivity index is 1.49. The lowest BCUT2D eigenvalue weighted by Crippen LogP contribution is -2.53. The minimum atomic E-state index is -0.242. The zero-order valence-electron chi connectivity index (χ0n) is 22.2. The summed E-state index contributed by atoms with van der Waals surface area (Å²) in [7, 11) is 1.58. The number of hydrogen-bond acceptors (Lipinski definition) is 7.